The lowest BCUT2D eigenvalue weighted by Crippen LogP contribution is -2.40. The number of nitrogens with one attached hydrogen (secondary N) is 1. The van der Waals surface area contributed by atoms with E-state index in [1.165, 1.54) is 17.3 Å². The van der Waals surface area contributed by atoms with E-state index in [4.69, 9.17) is 4.74 Å². The molecule has 0 saturated carbocycles. The quantitative estimate of drug-likeness (QED) is 0.789. The Kier molecular flexibility index (Phi) is 6.29. The first-order valence-corrected chi connectivity index (χ1v) is 7.40. The molecule has 0 radical (unpaired) electrons. The van der Waals surface area contributed by atoms with Gasteiger partial charge in [0.15, 0.2) is 0 Å². The molecule has 0 aromatic carbocycles. The average molecular weight is 313 g/mol. The minimum absolute atomic E-state index is 0.00990. The number of thiazole rings is 1. The van der Waals surface area contributed by atoms with Crippen LogP contribution < -0.4 is 5.32 Å². The van der Waals surface area contributed by atoms with Gasteiger partial charge in [-0.2, -0.15) is 0 Å². The smallest absolute Gasteiger partial charge is 0.367 e. The number of hydrogen-bond donors (Lipinski definition) is 1. The Hall–Kier alpha value is -1.96. The molecule has 0 fully saturated rings. The van der Waals surface area contributed by atoms with E-state index in [0.717, 1.165) is 11.3 Å². The Labute approximate surface area is 127 Å². The van der Waals surface area contributed by atoms with Crippen molar-refractivity contribution in [1.29, 1.82) is 0 Å². The predicted molar refractivity (Wildman–Crippen MR) is 78.3 cm³/mol. The van der Waals surface area contributed by atoms with Crippen molar-refractivity contribution in [3.63, 3.8) is 0 Å². The van der Waals surface area contributed by atoms with Gasteiger partial charge >= 0.3 is 5.97 Å². The van der Waals surface area contributed by atoms with Gasteiger partial charge in [0, 0.05) is 18.5 Å². The lowest BCUT2D eigenvalue weighted by Gasteiger charge is -2.16. The summed E-state index contributed by atoms with van der Waals surface area (Å²) in [6.45, 7) is 5.55. The summed E-state index contributed by atoms with van der Waals surface area (Å²) < 4.78 is 4.81. The fourth-order valence-electron chi connectivity index (χ4n) is 1.51. The van der Waals surface area contributed by atoms with E-state index in [-0.39, 0.29) is 35.8 Å². The summed E-state index contributed by atoms with van der Waals surface area (Å²) in [5.74, 6) is -1.22. The van der Waals surface area contributed by atoms with Crippen LogP contribution in [0.4, 0.5) is 0 Å². The summed E-state index contributed by atoms with van der Waals surface area (Å²) >= 11 is 1.04. The van der Waals surface area contributed by atoms with Crippen molar-refractivity contribution in [3.05, 3.63) is 16.1 Å². The first-order chi connectivity index (χ1) is 9.85. The molecule has 1 rings (SSSR count). The molecule has 1 N–H and O–H groups in total. The summed E-state index contributed by atoms with van der Waals surface area (Å²) in [4.78, 5) is 40.4. The maximum atomic E-state index is 12.1. The van der Waals surface area contributed by atoms with Gasteiger partial charge in [0.2, 0.25) is 10.9 Å². The van der Waals surface area contributed by atoms with Gasteiger partial charge in [-0.3, -0.25) is 9.59 Å². The number of hydrogen-bond acceptors (Lipinski definition) is 6. The van der Waals surface area contributed by atoms with Crippen LogP contribution in [-0.2, 0) is 9.53 Å². The molecule has 7 nitrogen and oxygen atoms in total. The minimum atomic E-state index is -0.554. The van der Waals surface area contributed by atoms with E-state index < -0.39 is 11.9 Å². The standard InChI is InChI=1S/C13H19N3O4S/c1-5-20-13(19)11-15-9(7-21-11)12(18)16(4)6-10(17)14-8(2)3/h7-8H,5-6H2,1-4H3,(H,14,17). The normalized spacial score (nSPS) is 10.3. The molecule has 21 heavy (non-hydrogen) atoms. The molecule has 8 heteroatoms. The second-order valence-electron chi connectivity index (χ2n) is 4.64. The number of esters is 1. The van der Waals surface area contributed by atoms with Crippen molar-refractivity contribution >= 4 is 29.1 Å². The van der Waals surface area contributed by atoms with Crippen LogP contribution in [0, 0.1) is 0 Å². The number of ether oxygens (including phenoxy) is 1. The van der Waals surface area contributed by atoms with E-state index in [1.807, 2.05) is 13.8 Å². The number of carbonyl (C=O) groups excluding carboxylic acids is 3. The molecule has 0 aliphatic carbocycles. The number of amides is 2. The molecule has 1 heterocycles. The Morgan fingerprint density at radius 3 is 2.67 bits per heavy atom. The van der Waals surface area contributed by atoms with Crippen molar-refractivity contribution in [1.82, 2.24) is 15.2 Å². The van der Waals surface area contributed by atoms with Crippen molar-refractivity contribution in [3.8, 4) is 0 Å². The molecular formula is C13H19N3O4S. The molecule has 0 saturated heterocycles. The molecular weight excluding hydrogens is 294 g/mol. The number of rotatable bonds is 6. The van der Waals surface area contributed by atoms with Crippen molar-refractivity contribution in [2.75, 3.05) is 20.2 Å². The third-order valence-electron chi connectivity index (χ3n) is 2.35. The van der Waals surface area contributed by atoms with Crippen LogP contribution in [0.3, 0.4) is 0 Å². The van der Waals surface area contributed by atoms with Crippen LogP contribution in [-0.4, -0.2) is 53.9 Å². The van der Waals surface area contributed by atoms with Gasteiger partial charge in [-0.15, -0.1) is 11.3 Å². The summed E-state index contributed by atoms with van der Waals surface area (Å²) in [5, 5.41) is 4.30. The SMILES string of the molecule is CCOC(=O)c1nc(C(=O)N(C)CC(=O)NC(C)C)cs1. The molecule has 0 atom stereocenters. The van der Waals surface area contributed by atoms with Gasteiger partial charge < -0.3 is 15.0 Å². The van der Waals surface area contributed by atoms with Crippen molar-refractivity contribution in [2.24, 2.45) is 0 Å². The second kappa shape index (κ2) is 7.72. The largest absolute Gasteiger partial charge is 0.461 e. The topological polar surface area (TPSA) is 88.6 Å². The van der Waals surface area contributed by atoms with Gasteiger partial charge in [-0.05, 0) is 20.8 Å². The molecule has 0 unspecified atom stereocenters. The molecule has 116 valence electrons. The predicted octanol–water partition coefficient (Wildman–Crippen LogP) is 0.916. The first-order valence-electron chi connectivity index (χ1n) is 6.52. The van der Waals surface area contributed by atoms with Gasteiger partial charge in [0.05, 0.1) is 13.2 Å². The van der Waals surface area contributed by atoms with E-state index in [2.05, 4.69) is 10.3 Å². The zero-order valence-corrected chi connectivity index (χ0v) is 13.3. The highest BCUT2D eigenvalue weighted by Gasteiger charge is 2.20. The van der Waals surface area contributed by atoms with Crippen LogP contribution in [0.25, 0.3) is 0 Å². The van der Waals surface area contributed by atoms with Crippen LogP contribution in [0.15, 0.2) is 5.38 Å². The number of likely N-dealkylation sites (N-methyl/N-ethyl adjacent to an activating group) is 1. The molecule has 1 aromatic heterocycles. The lowest BCUT2D eigenvalue weighted by atomic mass is 10.3. The minimum Gasteiger partial charge on any atom is -0.461 e. The highest BCUT2D eigenvalue weighted by atomic mass is 32.1. The number of carbonyl (C=O) groups is 3. The zero-order valence-electron chi connectivity index (χ0n) is 12.5. The molecule has 0 spiro atoms. The fourth-order valence-corrected chi connectivity index (χ4v) is 2.19. The molecule has 2 amide bonds. The van der Waals surface area contributed by atoms with Crippen LogP contribution >= 0.6 is 11.3 Å². The summed E-state index contributed by atoms with van der Waals surface area (Å²) in [5.41, 5.74) is 0.128. The highest BCUT2D eigenvalue weighted by Crippen LogP contribution is 2.12. The van der Waals surface area contributed by atoms with Crippen LogP contribution in [0.1, 0.15) is 41.1 Å². The number of aromatic nitrogens is 1. The molecule has 0 bridgehead atoms. The Balaban J connectivity index is 2.66. The van der Waals surface area contributed by atoms with Gasteiger partial charge in [-0.25, -0.2) is 9.78 Å². The summed E-state index contributed by atoms with van der Waals surface area (Å²) in [6.07, 6.45) is 0. The van der Waals surface area contributed by atoms with Gasteiger partial charge in [-0.1, -0.05) is 0 Å². The number of nitrogens with zero attached hydrogens (tertiary/aromatic N) is 2. The maximum absolute atomic E-state index is 12.1. The summed E-state index contributed by atoms with van der Waals surface area (Å²) in [6, 6.07) is 0.00990. The van der Waals surface area contributed by atoms with E-state index in [1.54, 1.807) is 6.92 Å². The molecule has 0 aliphatic heterocycles. The van der Waals surface area contributed by atoms with Crippen LogP contribution in [0.5, 0.6) is 0 Å². The third kappa shape index (κ3) is 5.14. The third-order valence-corrected chi connectivity index (χ3v) is 3.17. The Morgan fingerprint density at radius 2 is 2.10 bits per heavy atom. The average Bonchev–Trinajstić information content (AvgIpc) is 2.86. The van der Waals surface area contributed by atoms with Crippen molar-refractivity contribution in [2.45, 2.75) is 26.8 Å². The zero-order chi connectivity index (χ0) is 16.0. The van der Waals surface area contributed by atoms with E-state index in [9.17, 15) is 14.4 Å². The van der Waals surface area contributed by atoms with Gasteiger partial charge in [0.1, 0.15) is 5.69 Å². The maximum Gasteiger partial charge on any atom is 0.367 e. The van der Waals surface area contributed by atoms with E-state index >= 15 is 0 Å². The monoisotopic (exact) mass is 313 g/mol. The second-order valence-corrected chi connectivity index (χ2v) is 5.50. The fraction of sp³-hybridized carbons (Fsp3) is 0.538. The van der Waals surface area contributed by atoms with Crippen LogP contribution in [0.2, 0.25) is 0 Å². The Morgan fingerprint density at radius 1 is 1.43 bits per heavy atom. The van der Waals surface area contributed by atoms with Crippen molar-refractivity contribution < 1.29 is 19.1 Å². The molecule has 1 aromatic rings. The lowest BCUT2D eigenvalue weighted by molar-refractivity contribution is -0.122. The van der Waals surface area contributed by atoms with Gasteiger partial charge in [0.25, 0.3) is 5.91 Å². The van der Waals surface area contributed by atoms with E-state index in [0.29, 0.717) is 0 Å². The molecule has 0 aliphatic rings. The first kappa shape index (κ1) is 17.1. The summed E-state index contributed by atoms with van der Waals surface area (Å²) in [7, 11) is 1.51. The highest BCUT2D eigenvalue weighted by molar-refractivity contribution is 7.11. The Bertz CT molecular complexity index is 527.